The molecule has 0 aliphatic rings. The van der Waals surface area contributed by atoms with Crippen LogP contribution in [-0.4, -0.2) is 11.1 Å². The van der Waals surface area contributed by atoms with E-state index < -0.39 is 11.9 Å². The predicted molar refractivity (Wildman–Crippen MR) is 65.7 cm³/mol. The quantitative estimate of drug-likeness (QED) is 0.869. The Labute approximate surface area is 102 Å². The lowest BCUT2D eigenvalue weighted by atomic mass is 9.85. The number of hydrogen-bond donors (Lipinski definition) is 1. The molecule has 0 bridgehead atoms. The largest absolute Gasteiger partial charge is 0.481 e. The maximum atomic E-state index is 10.6. The van der Waals surface area contributed by atoms with Gasteiger partial charge in [-0.3, -0.25) is 4.79 Å². The Bertz CT molecular complexity index is 435. The van der Waals surface area contributed by atoms with E-state index in [9.17, 15) is 4.79 Å². The fraction of sp³-hybridized carbons (Fsp3) is 0.429. The van der Waals surface area contributed by atoms with E-state index in [1.165, 1.54) is 5.56 Å². The summed E-state index contributed by atoms with van der Waals surface area (Å²) in [6.07, 6.45) is -0.147. The van der Waals surface area contributed by atoms with Crippen molar-refractivity contribution < 1.29 is 9.90 Å². The van der Waals surface area contributed by atoms with Gasteiger partial charge in [0.2, 0.25) is 0 Å². The van der Waals surface area contributed by atoms with Crippen LogP contribution in [0.5, 0.6) is 0 Å². The first-order valence-electron chi connectivity index (χ1n) is 5.56. The SMILES string of the molecule is CC(C)(C)c1ccc(C(C#N)CC(=O)O)cc1. The molecule has 1 aromatic carbocycles. The van der Waals surface area contributed by atoms with Crippen molar-refractivity contribution in [3.05, 3.63) is 35.4 Å². The van der Waals surface area contributed by atoms with Crippen molar-refractivity contribution in [2.75, 3.05) is 0 Å². The zero-order valence-corrected chi connectivity index (χ0v) is 10.4. The summed E-state index contributed by atoms with van der Waals surface area (Å²) < 4.78 is 0. The molecule has 1 N–H and O–H groups in total. The third-order valence-corrected chi connectivity index (χ3v) is 2.71. The Morgan fingerprint density at radius 2 is 1.88 bits per heavy atom. The minimum absolute atomic E-state index is 0.0630. The predicted octanol–water partition coefficient (Wildman–Crippen LogP) is 3.07. The lowest BCUT2D eigenvalue weighted by Gasteiger charge is -2.19. The molecule has 0 aliphatic carbocycles. The Kier molecular flexibility index (Phi) is 3.90. The maximum Gasteiger partial charge on any atom is 0.305 e. The lowest BCUT2D eigenvalue weighted by Crippen LogP contribution is -2.11. The van der Waals surface area contributed by atoms with E-state index in [1.807, 2.05) is 30.3 Å². The zero-order valence-electron chi connectivity index (χ0n) is 10.4. The maximum absolute atomic E-state index is 10.6. The number of nitriles is 1. The molecule has 3 heteroatoms. The van der Waals surface area contributed by atoms with E-state index in [1.54, 1.807) is 0 Å². The molecular weight excluding hydrogens is 214 g/mol. The summed E-state index contributed by atoms with van der Waals surface area (Å²) in [6, 6.07) is 9.64. The standard InChI is InChI=1S/C14H17NO2/c1-14(2,3)12-6-4-10(5-7-12)11(9-15)8-13(16)17/h4-7,11H,8H2,1-3H3,(H,16,17). The average molecular weight is 231 g/mol. The van der Waals surface area contributed by atoms with Crippen LogP contribution in [-0.2, 0) is 10.2 Å². The molecule has 1 aromatic rings. The van der Waals surface area contributed by atoms with Crippen molar-refractivity contribution in [1.82, 2.24) is 0 Å². The number of rotatable bonds is 3. The fourth-order valence-corrected chi connectivity index (χ4v) is 1.63. The van der Waals surface area contributed by atoms with E-state index in [4.69, 9.17) is 10.4 Å². The molecule has 90 valence electrons. The molecule has 0 saturated heterocycles. The van der Waals surface area contributed by atoms with Gasteiger partial charge in [-0.25, -0.2) is 0 Å². The highest BCUT2D eigenvalue weighted by atomic mass is 16.4. The second-order valence-electron chi connectivity index (χ2n) is 5.15. The molecule has 1 unspecified atom stereocenters. The van der Waals surface area contributed by atoms with Crippen molar-refractivity contribution in [1.29, 1.82) is 5.26 Å². The van der Waals surface area contributed by atoms with Crippen LogP contribution in [0.4, 0.5) is 0 Å². The highest BCUT2D eigenvalue weighted by Crippen LogP contribution is 2.25. The molecule has 0 amide bonds. The number of carbonyl (C=O) groups is 1. The van der Waals surface area contributed by atoms with Gasteiger partial charge in [-0.05, 0) is 16.5 Å². The summed E-state index contributed by atoms with van der Waals surface area (Å²) in [5.74, 6) is -1.52. The first-order chi connectivity index (χ1) is 7.84. The van der Waals surface area contributed by atoms with Crippen LogP contribution in [0.25, 0.3) is 0 Å². The molecule has 0 spiro atoms. The normalized spacial score (nSPS) is 12.8. The Morgan fingerprint density at radius 1 is 1.35 bits per heavy atom. The number of carboxylic acids is 1. The highest BCUT2D eigenvalue weighted by molar-refractivity contribution is 5.68. The van der Waals surface area contributed by atoms with Crippen LogP contribution in [0.1, 0.15) is 44.2 Å². The van der Waals surface area contributed by atoms with Gasteiger partial charge >= 0.3 is 5.97 Å². The third kappa shape index (κ3) is 3.60. The van der Waals surface area contributed by atoms with Crippen LogP contribution in [0, 0.1) is 11.3 Å². The van der Waals surface area contributed by atoms with Crippen LogP contribution in [0.15, 0.2) is 24.3 Å². The monoisotopic (exact) mass is 231 g/mol. The van der Waals surface area contributed by atoms with Gasteiger partial charge in [0, 0.05) is 0 Å². The molecule has 0 saturated carbocycles. The van der Waals surface area contributed by atoms with E-state index in [0.29, 0.717) is 0 Å². The number of nitrogens with zero attached hydrogens (tertiary/aromatic N) is 1. The molecule has 17 heavy (non-hydrogen) atoms. The highest BCUT2D eigenvalue weighted by Gasteiger charge is 2.17. The molecule has 3 nitrogen and oxygen atoms in total. The number of benzene rings is 1. The van der Waals surface area contributed by atoms with Gasteiger partial charge in [0.25, 0.3) is 0 Å². The van der Waals surface area contributed by atoms with Gasteiger partial charge in [0.1, 0.15) is 0 Å². The molecular formula is C14H17NO2. The number of aliphatic carboxylic acids is 1. The molecule has 1 atom stereocenters. The summed E-state index contributed by atoms with van der Waals surface area (Å²) >= 11 is 0. The van der Waals surface area contributed by atoms with Crippen molar-refractivity contribution in [2.45, 2.75) is 38.5 Å². The lowest BCUT2D eigenvalue weighted by molar-refractivity contribution is -0.137. The second kappa shape index (κ2) is 5.01. The van der Waals surface area contributed by atoms with E-state index >= 15 is 0 Å². The zero-order chi connectivity index (χ0) is 13.1. The molecule has 0 aliphatic heterocycles. The summed E-state index contributed by atoms with van der Waals surface area (Å²) in [7, 11) is 0. The Hall–Kier alpha value is -1.82. The first-order valence-corrected chi connectivity index (χ1v) is 5.56. The smallest absolute Gasteiger partial charge is 0.305 e. The molecule has 0 heterocycles. The van der Waals surface area contributed by atoms with Gasteiger partial charge in [-0.1, -0.05) is 45.0 Å². The summed E-state index contributed by atoms with van der Waals surface area (Å²) in [4.78, 5) is 10.6. The fourth-order valence-electron chi connectivity index (χ4n) is 1.63. The van der Waals surface area contributed by atoms with Crippen LogP contribution < -0.4 is 0 Å². The van der Waals surface area contributed by atoms with Gasteiger partial charge in [0.15, 0.2) is 0 Å². The van der Waals surface area contributed by atoms with E-state index in [2.05, 4.69) is 20.8 Å². The molecule has 0 aromatic heterocycles. The summed E-state index contributed by atoms with van der Waals surface area (Å²) in [6.45, 7) is 6.34. The summed E-state index contributed by atoms with van der Waals surface area (Å²) in [5.41, 5.74) is 2.00. The van der Waals surface area contributed by atoms with E-state index in [0.717, 1.165) is 5.56 Å². The van der Waals surface area contributed by atoms with Crippen LogP contribution >= 0.6 is 0 Å². The van der Waals surface area contributed by atoms with Crippen molar-refractivity contribution in [2.24, 2.45) is 0 Å². The number of carboxylic acid groups (broad SMARTS) is 1. The van der Waals surface area contributed by atoms with Crippen LogP contribution in [0.3, 0.4) is 0 Å². The average Bonchev–Trinajstić information content (AvgIpc) is 2.24. The Morgan fingerprint density at radius 3 is 2.24 bits per heavy atom. The minimum Gasteiger partial charge on any atom is -0.481 e. The van der Waals surface area contributed by atoms with Crippen molar-refractivity contribution >= 4 is 5.97 Å². The van der Waals surface area contributed by atoms with Gasteiger partial charge < -0.3 is 5.11 Å². The molecule has 0 radical (unpaired) electrons. The van der Waals surface area contributed by atoms with Crippen LogP contribution in [0.2, 0.25) is 0 Å². The number of hydrogen-bond acceptors (Lipinski definition) is 2. The second-order valence-corrected chi connectivity index (χ2v) is 5.15. The Balaban J connectivity index is 2.94. The van der Waals surface area contributed by atoms with Gasteiger partial charge in [-0.2, -0.15) is 5.26 Å². The third-order valence-electron chi connectivity index (χ3n) is 2.71. The van der Waals surface area contributed by atoms with Gasteiger partial charge in [0.05, 0.1) is 18.4 Å². The first kappa shape index (κ1) is 13.2. The molecule has 1 rings (SSSR count). The molecule has 0 fully saturated rings. The minimum atomic E-state index is -0.948. The van der Waals surface area contributed by atoms with Crippen molar-refractivity contribution in [3.8, 4) is 6.07 Å². The van der Waals surface area contributed by atoms with Gasteiger partial charge in [-0.15, -0.1) is 0 Å². The van der Waals surface area contributed by atoms with Crippen molar-refractivity contribution in [3.63, 3.8) is 0 Å². The topological polar surface area (TPSA) is 61.1 Å². The van der Waals surface area contributed by atoms with E-state index in [-0.39, 0.29) is 11.8 Å². The summed E-state index contributed by atoms with van der Waals surface area (Å²) in [5, 5.41) is 17.7.